The number of hydrogen-bond donors (Lipinski definition) is 0. The highest BCUT2D eigenvalue weighted by atomic mass is 16.6. The largest absolute Gasteiger partial charge is 0.371 e. The highest BCUT2D eigenvalue weighted by molar-refractivity contribution is 5.63. The first-order chi connectivity index (χ1) is 11.7. The highest BCUT2D eigenvalue weighted by Crippen LogP contribution is 2.37. The van der Waals surface area contributed by atoms with E-state index in [0.717, 1.165) is 25.8 Å². The number of aryl methyl sites for hydroxylation is 2. The second-order valence-electron chi connectivity index (χ2n) is 7.01. The Morgan fingerprint density at radius 3 is 2.71 bits per heavy atom. The van der Waals surface area contributed by atoms with Gasteiger partial charge in [0.05, 0.1) is 4.92 Å². The van der Waals surface area contributed by atoms with Crippen molar-refractivity contribution in [1.29, 1.82) is 0 Å². The average Bonchev–Trinajstić information content (AvgIpc) is 2.61. The van der Waals surface area contributed by atoms with Gasteiger partial charge in [-0.2, -0.15) is 0 Å². The van der Waals surface area contributed by atoms with E-state index < -0.39 is 0 Å². The molecule has 124 valence electrons. The van der Waals surface area contributed by atoms with E-state index >= 15 is 0 Å². The van der Waals surface area contributed by atoms with E-state index in [1.54, 1.807) is 12.1 Å². The van der Waals surface area contributed by atoms with E-state index in [4.69, 9.17) is 0 Å². The molecule has 2 aromatic rings. The molecular weight excluding hydrogens is 300 g/mol. The maximum Gasteiger partial charge on any atom is 0.269 e. The molecule has 0 radical (unpaired) electrons. The molecule has 1 unspecified atom stereocenters. The molecule has 2 heterocycles. The van der Waals surface area contributed by atoms with E-state index in [2.05, 4.69) is 23.1 Å². The molecule has 0 saturated carbocycles. The van der Waals surface area contributed by atoms with Crippen molar-refractivity contribution in [3.63, 3.8) is 0 Å². The van der Waals surface area contributed by atoms with Crippen LogP contribution in [0.5, 0.6) is 0 Å². The highest BCUT2D eigenvalue weighted by Gasteiger charge is 2.28. The van der Waals surface area contributed by atoms with Crippen molar-refractivity contribution in [1.82, 2.24) is 0 Å². The zero-order valence-corrected chi connectivity index (χ0v) is 13.8. The minimum atomic E-state index is -0.338. The van der Waals surface area contributed by atoms with Crippen molar-refractivity contribution >= 4 is 11.4 Å². The van der Waals surface area contributed by atoms with Gasteiger partial charge in [-0.05, 0) is 54.7 Å². The van der Waals surface area contributed by atoms with Crippen LogP contribution in [0, 0.1) is 16.0 Å². The Kier molecular flexibility index (Phi) is 3.97. The molecule has 2 aromatic carbocycles. The average molecular weight is 322 g/mol. The summed E-state index contributed by atoms with van der Waals surface area (Å²) in [5, 5.41) is 10.7. The zero-order valence-electron chi connectivity index (χ0n) is 13.8. The Hall–Kier alpha value is -2.36. The lowest BCUT2D eigenvalue weighted by Gasteiger charge is -2.40. The smallest absolute Gasteiger partial charge is 0.269 e. The summed E-state index contributed by atoms with van der Waals surface area (Å²) in [4.78, 5) is 13.0. The van der Waals surface area contributed by atoms with Crippen LogP contribution in [0.3, 0.4) is 0 Å². The van der Waals surface area contributed by atoms with E-state index in [0.29, 0.717) is 5.92 Å². The Morgan fingerprint density at radius 2 is 1.92 bits per heavy atom. The zero-order chi connectivity index (χ0) is 16.5. The predicted molar refractivity (Wildman–Crippen MR) is 95.6 cm³/mol. The van der Waals surface area contributed by atoms with Crippen LogP contribution in [-0.4, -0.2) is 18.0 Å². The third-order valence-electron chi connectivity index (χ3n) is 5.37. The summed E-state index contributed by atoms with van der Waals surface area (Å²) in [6, 6.07) is 13.8. The number of nitro groups is 1. The number of rotatable bonds is 4. The van der Waals surface area contributed by atoms with Crippen LogP contribution in [-0.2, 0) is 19.3 Å². The maximum absolute atomic E-state index is 10.7. The summed E-state index contributed by atoms with van der Waals surface area (Å²) in [6.07, 6.45) is 5.76. The van der Waals surface area contributed by atoms with Gasteiger partial charge >= 0.3 is 0 Å². The van der Waals surface area contributed by atoms with Gasteiger partial charge in [0.1, 0.15) is 0 Å². The fourth-order valence-corrected chi connectivity index (χ4v) is 4.21. The second-order valence-corrected chi connectivity index (χ2v) is 7.01. The summed E-state index contributed by atoms with van der Waals surface area (Å²) in [6.45, 7) is 2.33. The molecule has 4 heteroatoms. The summed E-state index contributed by atoms with van der Waals surface area (Å²) < 4.78 is 0. The summed E-state index contributed by atoms with van der Waals surface area (Å²) in [5.41, 5.74) is 5.90. The molecule has 0 bridgehead atoms. The van der Waals surface area contributed by atoms with Crippen molar-refractivity contribution in [2.75, 3.05) is 18.0 Å². The van der Waals surface area contributed by atoms with E-state index in [-0.39, 0.29) is 10.6 Å². The fourth-order valence-electron chi connectivity index (χ4n) is 4.21. The number of para-hydroxylation sites is 1. The van der Waals surface area contributed by atoms with E-state index in [9.17, 15) is 10.1 Å². The van der Waals surface area contributed by atoms with Crippen LogP contribution in [0.2, 0.25) is 0 Å². The van der Waals surface area contributed by atoms with Gasteiger partial charge in [-0.15, -0.1) is 0 Å². The van der Waals surface area contributed by atoms with Crippen molar-refractivity contribution in [3.05, 3.63) is 69.3 Å². The molecule has 0 aromatic heterocycles. The predicted octanol–water partition coefficient (Wildman–Crippen LogP) is 4.15. The summed E-state index contributed by atoms with van der Waals surface area (Å²) in [5.74, 6) is 0.668. The molecule has 1 atom stereocenters. The second kappa shape index (κ2) is 6.27. The Morgan fingerprint density at radius 1 is 1.12 bits per heavy atom. The monoisotopic (exact) mass is 322 g/mol. The SMILES string of the molecule is O=[N+]([O-])c1ccc(CCC2Cc3cccc4c3N(CCC4)C2)cc1. The number of nitrogens with zero attached hydrogens (tertiary/aromatic N) is 2. The molecule has 4 rings (SSSR count). The van der Waals surface area contributed by atoms with Crippen LogP contribution < -0.4 is 4.90 Å². The maximum atomic E-state index is 10.7. The molecule has 2 aliphatic rings. The number of hydrogen-bond acceptors (Lipinski definition) is 3. The Labute approximate surface area is 142 Å². The third kappa shape index (κ3) is 2.88. The van der Waals surface area contributed by atoms with Gasteiger partial charge in [0.25, 0.3) is 5.69 Å². The van der Waals surface area contributed by atoms with Crippen molar-refractivity contribution in [2.45, 2.75) is 32.1 Å². The van der Waals surface area contributed by atoms with Crippen LogP contribution >= 0.6 is 0 Å². The molecule has 0 amide bonds. The van der Waals surface area contributed by atoms with E-state index in [1.807, 2.05) is 12.1 Å². The van der Waals surface area contributed by atoms with Crippen molar-refractivity contribution in [3.8, 4) is 0 Å². The van der Waals surface area contributed by atoms with Crippen molar-refractivity contribution in [2.24, 2.45) is 5.92 Å². The first kappa shape index (κ1) is 15.2. The van der Waals surface area contributed by atoms with Crippen LogP contribution in [0.15, 0.2) is 42.5 Å². The molecule has 2 aliphatic heterocycles. The lowest BCUT2D eigenvalue weighted by Crippen LogP contribution is -2.39. The van der Waals surface area contributed by atoms with Gasteiger partial charge in [-0.1, -0.05) is 30.3 Å². The van der Waals surface area contributed by atoms with Gasteiger partial charge in [0, 0.05) is 30.9 Å². The lowest BCUT2D eigenvalue weighted by molar-refractivity contribution is -0.384. The number of benzene rings is 2. The molecule has 4 nitrogen and oxygen atoms in total. The molecule has 24 heavy (non-hydrogen) atoms. The van der Waals surface area contributed by atoms with Crippen LogP contribution in [0.1, 0.15) is 29.5 Å². The third-order valence-corrected chi connectivity index (χ3v) is 5.37. The van der Waals surface area contributed by atoms with Gasteiger partial charge in [0.15, 0.2) is 0 Å². The fraction of sp³-hybridized carbons (Fsp3) is 0.400. The van der Waals surface area contributed by atoms with Gasteiger partial charge < -0.3 is 4.90 Å². The van der Waals surface area contributed by atoms with Gasteiger partial charge in [-0.25, -0.2) is 0 Å². The Balaban J connectivity index is 1.44. The lowest BCUT2D eigenvalue weighted by atomic mass is 9.84. The molecular formula is C20H22N2O2. The quantitative estimate of drug-likeness (QED) is 0.627. The van der Waals surface area contributed by atoms with E-state index in [1.165, 1.54) is 41.8 Å². The standard InChI is InChI=1S/C20H22N2O2/c23-22(24)19-10-8-15(9-11-19)6-7-16-13-18-4-1-3-17-5-2-12-21(14-16)20(17)18/h1,3-4,8-11,16H,2,5-7,12-14H2. The number of nitro benzene ring substituents is 1. The molecule has 0 fully saturated rings. The number of anilines is 1. The summed E-state index contributed by atoms with van der Waals surface area (Å²) >= 11 is 0. The molecule has 0 N–H and O–H groups in total. The first-order valence-corrected chi connectivity index (χ1v) is 8.80. The minimum Gasteiger partial charge on any atom is -0.371 e. The topological polar surface area (TPSA) is 46.4 Å². The minimum absolute atomic E-state index is 0.172. The van der Waals surface area contributed by atoms with Crippen LogP contribution in [0.25, 0.3) is 0 Å². The van der Waals surface area contributed by atoms with Crippen molar-refractivity contribution < 1.29 is 4.92 Å². The molecule has 0 aliphatic carbocycles. The molecule has 0 saturated heterocycles. The summed E-state index contributed by atoms with van der Waals surface area (Å²) in [7, 11) is 0. The number of non-ortho nitro benzene ring substituents is 1. The normalized spacial score (nSPS) is 19.0. The molecule has 0 spiro atoms. The van der Waals surface area contributed by atoms with Crippen LogP contribution in [0.4, 0.5) is 11.4 Å². The van der Waals surface area contributed by atoms with Gasteiger partial charge in [-0.3, -0.25) is 10.1 Å². The Bertz CT molecular complexity index is 755. The first-order valence-electron chi connectivity index (χ1n) is 8.80. The van der Waals surface area contributed by atoms with Gasteiger partial charge in [0.2, 0.25) is 0 Å².